The van der Waals surface area contributed by atoms with E-state index in [4.69, 9.17) is 5.11 Å². The number of carboxylic acid groups (broad SMARTS) is 1. The Morgan fingerprint density at radius 1 is 1.43 bits per heavy atom. The van der Waals surface area contributed by atoms with Crippen molar-refractivity contribution in [2.45, 2.75) is 19.3 Å². The number of rotatable bonds is 2. The summed E-state index contributed by atoms with van der Waals surface area (Å²) in [7, 11) is 0. The fraction of sp³-hybridized carbons (Fsp3) is 0.364. The first kappa shape index (κ1) is 9.71. The Balaban J connectivity index is 2.14. The van der Waals surface area contributed by atoms with Crippen LogP contribution < -0.4 is 0 Å². The average Bonchev–Trinajstić information content (AvgIpc) is 2.44. The van der Waals surface area contributed by atoms with E-state index >= 15 is 0 Å². The second-order valence-electron chi connectivity index (χ2n) is 3.79. The molecule has 1 atom stereocenters. The van der Waals surface area contributed by atoms with Crippen LogP contribution in [0.15, 0.2) is 22.7 Å². The van der Waals surface area contributed by atoms with E-state index < -0.39 is 5.97 Å². The van der Waals surface area contributed by atoms with Gasteiger partial charge in [0.25, 0.3) is 0 Å². The number of hydrogen-bond acceptors (Lipinski definition) is 1. The van der Waals surface area contributed by atoms with Crippen LogP contribution in [-0.4, -0.2) is 11.1 Å². The largest absolute Gasteiger partial charge is 0.481 e. The van der Waals surface area contributed by atoms with Crippen molar-refractivity contribution in [1.29, 1.82) is 0 Å². The number of aliphatic carboxylic acids is 1. The van der Waals surface area contributed by atoms with Gasteiger partial charge in [-0.15, -0.1) is 0 Å². The molecule has 2 nitrogen and oxygen atoms in total. The highest BCUT2D eigenvalue weighted by molar-refractivity contribution is 9.10. The van der Waals surface area contributed by atoms with Crippen molar-refractivity contribution in [3.8, 4) is 0 Å². The van der Waals surface area contributed by atoms with E-state index in [1.165, 1.54) is 11.1 Å². The Hall–Kier alpha value is -0.830. The lowest BCUT2D eigenvalue weighted by Gasteiger charge is -2.02. The Bertz CT molecular complexity index is 374. The summed E-state index contributed by atoms with van der Waals surface area (Å²) in [6.07, 6.45) is 2.10. The average molecular weight is 255 g/mol. The SMILES string of the molecule is O=C(O)CC1Cc2ccc(Br)cc2C1. The summed E-state index contributed by atoms with van der Waals surface area (Å²) in [5.74, 6) is -0.404. The van der Waals surface area contributed by atoms with Crippen LogP contribution in [0.3, 0.4) is 0 Å². The molecule has 1 aliphatic rings. The van der Waals surface area contributed by atoms with Crippen molar-refractivity contribution in [2.24, 2.45) is 5.92 Å². The lowest BCUT2D eigenvalue weighted by atomic mass is 10.0. The molecular weight excluding hydrogens is 244 g/mol. The monoisotopic (exact) mass is 254 g/mol. The highest BCUT2D eigenvalue weighted by atomic mass is 79.9. The van der Waals surface area contributed by atoms with Crippen LogP contribution in [0.4, 0.5) is 0 Å². The standard InChI is InChI=1S/C11H11BrO2/c12-10-2-1-8-3-7(5-11(13)14)4-9(8)6-10/h1-2,6-7H,3-5H2,(H,13,14). The molecule has 0 radical (unpaired) electrons. The lowest BCUT2D eigenvalue weighted by Crippen LogP contribution is -2.07. The van der Waals surface area contributed by atoms with Gasteiger partial charge in [-0.05, 0) is 42.0 Å². The molecule has 0 spiro atoms. The van der Waals surface area contributed by atoms with Crippen molar-refractivity contribution in [1.82, 2.24) is 0 Å². The van der Waals surface area contributed by atoms with E-state index in [1.54, 1.807) is 0 Å². The molecule has 1 aliphatic carbocycles. The second kappa shape index (κ2) is 3.73. The lowest BCUT2D eigenvalue weighted by molar-refractivity contribution is -0.138. The number of carbonyl (C=O) groups is 1. The van der Waals surface area contributed by atoms with E-state index in [-0.39, 0.29) is 12.3 Å². The highest BCUT2D eigenvalue weighted by Crippen LogP contribution is 2.30. The number of halogens is 1. The first-order chi connectivity index (χ1) is 6.65. The molecule has 1 N–H and O–H groups in total. The fourth-order valence-corrected chi connectivity index (χ4v) is 2.48. The van der Waals surface area contributed by atoms with Gasteiger partial charge in [0.15, 0.2) is 0 Å². The van der Waals surface area contributed by atoms with Gasteiger partial charge in [-0.1, -0.05) is 22.0 Å². The molecule has 0 saturated carbocycles. The number of fused-ring (bicyclic) bond motifs is 1. The van der Waals surface area contributed by atoms with E-state index in [0.717, 1.165) is 17.3 Å². The van der Waals surface area contributed by atoms with Crippen LogP contribution in [0.25, 0.3) is 0 Å². The van der Waals surface area contributed by atoms with Gasteiger partial charge in [0.05, 0.1) is 0 Å². The fourth-order valence-electron chi connectivity index (χ4n) is 2.07. The minimum Gasteiger partial charge on any atom is -0.481 e. The maximum absolute atomic E-state index is 10.6. The van der Waals surface area contributed by atoms with Crippen LogP contribution in [0.2, 0.25) is 0 Å². The van der Waals surface area contributed by atoms with Crippen LogP contribution in [-0.2, 0) is 17.6 Å². The van der Waals surface area contributed by atoms with Gasteiger partial charge in [-0.3, -0.25) is 4.79 Å². The van der Waals surface area contributed by atoms with Crippen molar-refractivity contribution in [2.75, 3.05) is 0 Å². The molecule has 1 aromatic rings. The van der Waals surface area contributed by atoms with Crippen LogP contribution in [0.5, 0.6) is 0 Å². The molecule has 0 bridgehead atoms. The van der Waals surface area contributed by atoms with Crippen molar-refractivity contribution in [3.63, 3.8) is 0 Å². The van der Waals surface area contributed by atoms with E-state index in [2.05, 4.69) is 28.1 Å². The minimum absolute atomic E-state index is 0.284. The van der Waals surface area contributed by atoms with Gasteiger partial charge in [0.2, 0.25) is 0 Å². The summed E-state index contributed by atoms with van der Waals surface area (Å²) in [5.41, 5.74) is 2.60. The zero-order valence-electron chi connectivity index (χ0n) is 7.66. The predicted molar refractivity (Wildman–Crippen MR) is 57.3 cm³/mol. The van der Waals surface area contributed by atoms with Gasteiger partial charge in [0, 0.05) is 10.9 Å². The molecule has 1 unspecified atom stereocenters. The third-order valence-corrected chi connectivity index (χ3v) is 3.14. The summed E-state index contributed by atoms with van der Waals surface area (Å²) >= 11 is 3.42. The molecule has 3 heteroatoms. The van der Waals surface area contributed by atoms with Gasteiger partial charge < -0.3 is 5.11 Å². The van der Waals surface area contributed by atoms with Crippen molar-refractivity contribution >= 4 is 21.9 Å². The third kappa shape index (κ3) is 1.98. The van der Waals surface area contributed by atoms with E-state index in [9.17, 15) is 4.79 Å². The number of benzene rings is 1. The van der Waals surface area contributed by atoms with Gasteiger partial charge in [0.1, 0.15) is 0 Å². The normalized spacial score (nSPS) is 19.4. The van der Waals surface area contributed by atoms with Crippen molar-refractivity contribution in [3.05, 3.63) is 33.8 Å². The van der Waals surface area contributed by atoms with Crippen LogP contribution in [0.1, 0.15) is 17.5 Å². The van der Waals surface area contributed by atoms with Gasteiger partial charge >= 0.3 is 5.97 Å². The molecule has 14 heavy (non-hydrogen) atoms. The summed E-state index contributed by atoms with van der Waals surface area (Å²) in [5, 5.41) is 8.70. The summed E-state index contributed by atoms with van der Waals surface area (Å²) in [6.45, 7) is 0. The molecule has 1 aromatic carbocycles. The molecule has 2 rings (SSSR count). The van der Waals surface area contributed by atoms with Crippen LogP contribution >= 0.6 is 15.9 Å². The first-order valence-corrected chi connectivity index (χ1v) is 5.43. The Labute approximate surface area is 91.1 Å². The zero-order chi connectivity index (χ0) is 10.1. The van der Waals surface area contributed by atoms with Gasteiger partial charge in [-0.25, -0.2) is 0 Å². The summed E-state index contributed by atoms with van der Waals surface area (Å²) in [4.78, 5) is 10.6. The van der Waals surface area contributed by atoms with E-state index in [1.807, 2.05) is 6.07 Å². The summed E-state index contributed by atoms with van der Waals surface area (Å²) in [6, 6.07) is 6.19. The zero-order valence-corrected chi connectivity index (χ0v) is 9.25. The van der Waals surface area contributed by atoms with E-state index in [0.29, 0.717) is 0 Å². The quantitative estimate of drug-likeness (QED) is 0.882. The molecule has 0 amide bonds. The third-order valence-electron chi connectivity index (χ3n) is 2.65. The van der Waals surface area contributed by atoms with Crippen LogP contribution in [0, 0.1) is 5.92 Å². The number of carboxylic acids is 1. The predicted octanol–water partition coefficient (Wildman–Crippen LogP) is 2.64. The molecule has 0 aliphatic heterocycles. The Morgan fingerprint density at radius 2 is 2.14 bits per heavy atom. The molecule has 0 heterocycles. The Morgan fingerprint density at radius 3 is 2.86 bits per heavy atom. The highest BCUT2D eigenvalue weighted by Gasteiger charge is 2.23. The maximum atomic E-state index is 10.6. The topological polar surface area (TPSA) is 37.3 Å². The molecule has 0 aromatic heterocycles. The van der Waals surface area contributed by atoms with Gasteiger partial charge in [-0.2, -0.15) is 0 Å². The molecule has 74 valence electrons. The minimum atomic E-state index is -0.693. The smallest absolute Gasteiger partial charge is 0.303 e. The molecule has 0 saturated heterocycles. The molecular formula is C11H11BrO2. The summed E-state index contributed by atoms with van der Waals surface area (Å²) < 4.78 is 1.08. The number of hydrogen-bond donors (Lipinski definition) is 1. The first-order valence-electron chi connectivity index (χ1n) is 4.64. The molecule has 0 fully saturated rings. The van der Waals surface area contributed by atoms with Crippen molar-refractivity contribution < 1.29 is 9.90 Å². The maximum Gasteiger partial charge on any atom is 0.303 e. The second-order valence-corrected chi connectivity index (χ2v) is 4.70. The Kier molecular flexibility index (Phi) is 2.59.